The van der Waals surface area contributed by atoms with Gasteiger partial charge in [0.05, 0.1) is 6.04 Å². The van der Waals surface area contributed by atoms with Crippen LogP contribution in [0.2, 0.25) is 0 Å². The predicted octanol–water partition coefficient (Wildman–Crippen LogP) is 2.54. The van der Waals surface area contributed by atoms with Crippen molar-refractivity contribution in [2.24, 2.45) is 0 Å². The van der Waals surface area contributed by atoms with Crippen LogP contribution in [-0.2, 0) is 4.74 Å². The largest absolute Gasteiger partial charge is 0.444 e. The van der Waals surface area contributed by atoms with Crippen LogP contribution in [0.25, 0.3) is 0 Å². The van der Waals surface area contributed by atoms with Crippen LogP contribution in [0.3, 0.4) is 0 Å². The zero-order valence-electron chi connectivity index (χ0n) is 14.4. The fraction of sp³-hybridized carbons (Fsp3) is 0.688. The number of hydrogen-bond acceptors (Lipinski definition) is 5. The Morgan fingerprint density at radius 1 is 1.32 bits per heavy atom. The fourth-order valence-corrected chi connectivity index (χ4v) is 2.58. The first kappa shape index (κ1) is 16.5. The van der Waals surface area contributed by atoms with E-state index in [2.05, 4.69) is 14.9 Å². The quantitative estimate of drug-likeness (QED) is 0.840. The van der Waals surface area contributed by atoms with Gasteiger partial charge in [-0.15, -0.1) is 0 Å². The molecule has 22 heavy (non-hydrogen) atoms. The van der Waals surface area contributed by atoms with Gasteiger partial charge in [-0.2, -0.15) is 0 Å². The molecule has 2 heterocycles. The number of hydrogen-bond donors (Lipinski definition) is 0. The van der Waals surface area contributed by atoms with Crippen molar-refractivity contribution in [2.75, 3.05) is 25.0 Å². The highest BCUT2D eigenvalue weighted by atomic mass is 16.6. The minimum atomic E-state index is -0.460. The highest BCUT2D eigenvalue weighted by Crippen LogP contribution is 2.21. The number of carbonyl (C=O) groups excluding carboxylic acids is 1. The normalized spacial score (nSPS) is 18.5. The molecule has 1 aliphatic rings. The number of ether oxygens (including phenoxy) is 1. The van der Waals surface area contributed by atoms with Crippen LogP contribution in [0.5, 0.6) is 0 Å². The number of likely N-dealkylation sites (N-methyl/N-ethyl adjacent to an activating group) is 1. The minimum absolute atomic E-state index is 0.216. The van der Waals surface area contributed by atoms with E-state index in [4.69, 9.17) is 4.74 Å². The number of aromatic nitrogens is 2. The van der Waals surface area contributed by atoms with Gasteiger partial charge in [0.15, 0.2) is 0 Å². The SMILES string of the molecule is Cc1cc(C)nc(N(C)[C@@H]2CCN(C(=O)OC(C)(C)C)C2)n1. The third-order valence-electron chi connectivity index (χ3n) is 3.65. The summed E-state index contributed by atoms with van der Waals surface area (Å²) in [7, 11) is 1.98. The third-order valence-corrected chi connectivity index (χ3v) is 3.65. The van der Waals surface area contributed by atoms with Crippen molar-refractivity contribution in [3.63, 3.8) is 0 Å². The van der Waals surface area contributed by atoms with Gasteiger partial charge in [-0.25, -0.2) is 14.8 Å². The van der Waals surface area contributed by atoms with Gasteiger partial charge in [-0.1, -0.05) is 0 Å². The van der Waals surface area contributed by atoms with E-state index in [0.717, 1.165) is 17.8 Å². The number of anilines is 1. The molecule has 6 nitrogen and oxygen atoms in total. The molecule has 0 bridgehead atoms. The topological polar surface area (TPSA) is 58.6 Å². The first-order valence-electron chi connectivity index (χ1n) is 7.69. The monoisotopic (exact) mass is 306 g/mol. The van der Waals surface area contributed by atoms with Crippen LogP contribution in [0.15, 0.2) is 6.07 Å². The smallest absolute Gasteiger partial charge is 0.410 e. The van der Waals surface area contributed by atoms with E-state index >= 15 is 0 Å². The lowest BCUT2D eigenvalue weighted by Crippen LogP contribution is -2.39. The summed E-state index contributed by atoms with van der Waals surface area (Å²) in [5.74, 6) is 0.716. The summed E-state index contributed by atoms with van der Waals surface area (Å²) < 4.78 is 5.43. The number of nitrogens with zero attached hydrogens (tertiary/aromatic N) is 4. The van der Waals surface area contributed by atoms with Crippen LogP contribution in [0.1, 0.15) is 38.6 Å². The molecule has 122 valence electrons. The second-order valence-electron chi connectivity index (χ2n) is 6.93. The maximum Gasteiger partial charge on any atom is 0.410 e. The van der Waals surface area contributed by atoms with Crippen LogP contribution >= 0.6 is 0 Å². The van der Waals surface area contributed by atoms with Crippen molar-refractivity contribution >= 4 is 12.0 Å². The zero-order valence-corrected chi connectivity index (χ0v) is 14.4. The molecule has 0 saturated carbocycles. The molecule has 1 aromatic heterocycles. The van der Waals surface area contributed by atoms with Gasteiger partial charge in [0.25, 0.3) is 0 Å². The number of rotatable bonds is 2. The highest BCUT2D eigenvalue weighted by Gasteiger charge is 2.32. The second kappa shape index (κ2) is 6.10. The molecule has 6 heteroatoms. The highest BCUT2D eigenvalue weighted by molar-refractivity contribution is 5.68. The van der Waals surface area contributed by atoms with Gasteiger partial charge in [0.1, 0.15) is 5.60 Å². The summed E-state index contributed by atoms with van der Waals surface area (Å²) in [6, 6.07) is 2.17. The molecule has 0 N–H and O–H groups in total. The minimum Gasteiger partial charge on any atom is -0.444 e. The van der Waals surface area contributed by atoms with Crippen molar-refractivity contribution in [3.8, 4) is 0 Å². The molecule has 0 spiro atoms. The van der Waals surface area contributed by atoms with Crippen LogP contribution < -0.4 is 4.90 Å². The Morgan fingerprint density at radius 3 is 2.45 bits per heavy atom. The fourth-order valence-electron chi connectivity index (χ4n) is 2.58. The average Bonchev–Trinajstić information content (AvgIpc) is 2.84. The molecule has 1 amide bonds. The van der Waals surface area contributed by atoms with Crippen LogP contribution in [0, 0.1) is 13.8 Å². The lowest BCUT2D eigenvalue weighted by Gasteiger charge is -2.27. The van der Waals surface area contributed by atoms with Crippen LogP contribution in [0.4, 0.5) is 10.7 Å². The Kier molecular flexibility index (Phi) is 4.58. The van der Waals surface area contributed by atoms with Gasteiger partial charge in [0.2, 0.25) is 5.95 Å². The molecular weight excluding hydrogens is 280 g/mol. The van der Waals surface area contributed by atoms with E-state index in [-0.39, 0.29) is 12.1 Å². The van der Waals surface area contributed by atoms with Gasteiger partial charge >= 0.3 is 6.09 Å². The van der Waals surface area contributed by atoms with Gasteiger partial charge < -0.3 is 14.5 Å². The van der Waals surface area contributed by atoms with E-state index in [1.54, 1.807) is 4.90 Å². The second-order valence-corrected chi connectivity index (χ2v) is 6.93. The summed E-state index contributed by atoms with van der Waals surface area (Å²) in [5.41, 5.74) is 1.45. The molecule has 1 saturated heterocycles. The molecule has 0 aliphatic carbocycles. The van der Waals surface area contributed by atoms with Gasteiger partial charge in [-0.05, 0) is 47.1 Å². The van der Waals surface area contributed by atoms with Crippen molar-refractivity contribution in [3.05, 3.63) is 17.5 Å². The molecule has 0 unspecified atom stereocenters. The molecule has 1 atom stereocenters. The summed E-state index contributed by atoms with van der Waals surface area (Å²) >= 11 is 0. The first-order valence-corrected chi connectivity index (χ1v) is 7.69. The Balaban J connectivity index is 2.02. The summed E-state index contributed by atoms with van der Waals surface area (Å²) in [6.45, 7) is 10.9. The molecule has 0 aromatic carbocycles. The zero-order chi connectivity index (χ0) is 16.5. The van der Waals surface area contributed by atoms with E-state index in [9.17, 15) is 4.79 Å². The molecule has 2 rings (SSSR count). The lowest BCUT2D eigenvalue weighted by molar-refractivity contribution is 0.0292. The average molecular weight is 306 g/mol. The Morgan fingerprint density at radius 2 is 1.91 bits per heavy atom. The molecule has 1 fully saturated rings. The number of aryl methyl sites for hydroxylation is 2. The standard InChI is InChI=1S/C16H26N4O2/c1-11-9-12(2)18-14(17-11)19(6)13-7-8-20(10-13)15(21)22-16(3,4)5/h9,13H,7-8,10H2,1-6H3/t13-/m1/s1. The maximum absolute atomic E-state index is 12.1. The molecule has 1 aromatic rings. The third kappa shape index (κ3) is 4.08. The van der Waals surface area contributed by atoms with Crippen molar-refractivity contribution in [1.29, 1.82) is 0 Å². The summed E-state index contributed by atoms with van der Waals surface area (Å²) in [4.78, 5) is 24.9. The Labute approximate surface area is 132 Å². The van der Waals surface area contributed by atoms with Gasteiger partial charge in [0, 0.05) is 31.5 Å². The van der Waals surface area contributed by atoms with Gasteiger partial charge in [-0.3, -0.25) is 0 Å². The van der Waals surface area contributed by atoms with E-state index in [1.165, 1.54) is 0 Å². The Bertz CT molecular complexity index is 533. The predicted molar refractivity (Wildman–Crippen MR) is 86.1 cm³/mol. The van der Waals surface area contributed by atoms with Crippen molar-refractivity contribution < 1.29 is 9.53 Å². The molecule has 1 aliphatic heterocycles. The summed E-state index contributed by atoms with van der Waals surface area (Å²) in [5, 5.41) is 0. The maximum atomic E-state index is 12.1. The number of amides is 1. The van der Waals surface area contributed by atoms with Crippen molar-refractivity contribution in [1.82, 2.24) is 14.9 Å². The van der Waals surface area contributed by atoms with E-state index < -0.39 is 5.60 Å². The van der Waals surface area contributed by atoms with Crippen molar-refractivity contribution in [2.45, 2.75) is 52.7 Å². The van der Waals surface area contributed by atoms with E-state index in [1.807, 2.05) is 47.7 Å². The molecule has 0 radical (unpaired) electrons. The first-order chi connectivity index (χ1) is 10.2. The molecular formula is C16H26N4O2. The Hall–Kier alpha value is -1.85. The van der Waals surface area contributed by atoms with Crippen LogP contribution in [-0.4, -0.2) is 52.7 Å². The summed E-state index contributed by atoms with van der Waals surface area (Å²) in [6.07, 6.45) is 0.649. The number of likely N-dealkylation sites (tertiary alicyclic amines) is 1. The van der Waals surface area contributed by atoms with E-state index in [0.29, 0.717) is 19.0 Å². The number of carbonyl (C=O) groups is 1. The lowest BCUT2D eigenvalue weighted by atomic mass is 10.2.